The third-order valence-electron chi connectivity index (χ3n) is 11.8. The van der Waals surface area contributed by atoms with E-state index in [2.05, 4.69) is 152 Å². The molecule has 0 aromatic heterocycles. The van der Waals surface area contributed by atoms with E-state index in [0.717, 1.165) is 5.46 Å². The van der Waals surface area contributed by atoms with E-state index in [9.17, 15) is 0 Å². The molecule has 5 aromatic carbocycles. The molecule has 5 aromatic rings. The molecule has 0 bridgehead atoms. The quantitative estimate of drug-likeness (QED) is 0.108. The lowest BCUT2D eigenvalue weighted by molar-refractivity contribution is 0.571. The van der Waals surface area contributed by atoms with Gasteiger partial charge in [0, 0.05) is 5.92 Å². The fraction of sp³-hybridized carbons (Fsp3) is 0.388. The number of benzene rings is 5. The first-order valence-corrected chi connectivity index (χ1v) is 19.3. The van der Waals surface area contributed by atoms with Crippen molar-refractivity contribution in [2.45, 2.75) is 122 Å². The summed E-state index contributed by atoms with van der Waals surface area (Å²) < 4.78 is 0. The van der Waals surface area contributed by atoms with Gasteiger partial charge in [-0.2, -0.15) is 0 Å². The van der Waals surface area contributed by atoms with Crippen LogP contribution in [0.25, 0.3) is 22.3 Å². The summed E-state index contributed by atoms with van der Waals surface area (Å²) in [6.45, 7) is 18.4. The van der Waals surface area contributed by atoms with Crippen LogP contribution in [0, 0.1) is 6.92 Å². The van der Waals surface area contributed by atoms with Crippen molar-refractivity contribution in [2.24, 2.45) is 0 Å². The summed E-state index contributed by atoms with van der Waals surface area (Å²) in [6.07, 6.45) is 9.03. The minimum absolute atomic E-state index is 0.0829. The molecular formula is C49H55B. The van der Waals surface area contributed by atoms with Crippen molar-refractivity contribution in [2.75, 3.05) is 0 Å². The number of rotatable bonds is 9. The maximum absolute atomic E-state index is 6.49. The zero-order chi connectivity index (χ0) is 35.4. The molecule has 0 saturated heterocycles. The fourth-order valence-electron chi connectivity index (χ4n) is 8.97. The molecule has 1 atom stereocenters. The van der Waals surface area contributed by atoms with Crippen LogP contribution in [-0.2, 0) is 16.2 Å². The largest absolute Gasteiger partial charge is 0.113 e. The van der Waals surface area contributed by atoms with Crippen LogP contribution in [0.4, 0.5) is 0 Å². The van der Waals surface area contributed by atoms with Gasteiger partial charge >= 0.3 is 0 Å². The van der Waals surface area contributed by atoms with Crippen molar-refractivity contribution in [3.05, 3.63) is 147 Å². The van der Waals surface area contributed by atoms with Crippen LogP contribution in [0.15, 0.2) is 97.1 Å². The second kappa shape index (κ2) is 13.0. The van der Waals surface area contributed by atoms with Crippen LogP contribution in [-0.4, -0.2) is 7.85 Å². The smallest absolute Gasteiger partial charge is 0.0963 e. The molecule has 0 heterocycles. The summed E-state index contributed by atoms with van der Waals surface area (Å²) in [5, 5.41) is 0. The Morgan fingerprint density at radius 3 is 1.68 bits per heavy atom. The van der Waals surface area contributed by atoms with Crippen LogP contribution in [0.1, 0.15) is 149 Å². The molecule has 2 radical (unpaired) electrons. The van der Waals surface area contributed by atoms with E-state index in [-0.39, 0.29) is 10.8 Å². The molecule has 2 aliphatic carbocycles. The lowest BCUT2D eigenvalue weighted by Gasteiger charge is -2.35. The fourth-order valence-corrected chi connectivity index (χ4v) is 8.97. The number of hydrogen-bond acceptors (Lipinski definition) is 0. The van der Waals surface area contributed by atoms with Gasteiger partial charge in [-0.3, -0.25) is 0 Å². The summed E-state index contributed by atoms with van der Waals surface area (Å²) in [6, 6.07) is 38.2. The van der Waals surface area contributed by atoms with Crippen LogP contribution >= 0.6 is 0 Å². The van der Waals surface area contributed by atoms with E-state index < -0.39 is 5.41 Å². The zero-order valence-electron chi connectivity index (χ0n) is 31.8. The van der Waals surface area contributed by atoms with Crippen LogP contribution < -0.4 is 5.46 Å². The number of hydrogen-bond donors (Lipinski definition) is 0. The topological polar surface area (TPSA) is 0 Å². The number of aryl methyl sites for hydroxylation is 1. The van der Waals surface area contributed by atoms with Gasteiger partial charge < -0.3 is 0 Å². The monoisotopic (exact) mass is 654 g/mol. The predicted octanol–water partition coefficient (Wildman–Crippen LogP) is 12.6. The molecule has 0 saturated carbocycles. The molecule has 0 fully saturated rings. The molecule has 0 nitrogen and oxygen atoms in total. The van der Waals surface area contributed by atoms with Gasteiger partial charge in [-0.1, -0.05) is 183 Å². The Bertz CT molecular complexity index is 1950. The van der Waals surface area contributed by atoms with Gasteiger partial charge in [0.05, 0.1) is 5.41 Å². The summed E-state index contributed by atoms with van der Waals surface area (Å²) >= 11 is 0. The molecule has 0 aliphatic heterocycles. The first-order valence-electron chi connectivity index (χ1n) is 19.3. The third-order valence-corrected chi connectivity index (χ3v) is 11.8. The van der Waals surface area contributed by atoms with Crippen molar-refractivity contribution < 1.29 is 0 Å². The molecule has 0 amide bonds. The van der Waals surface area contributed by atoms with E-state index in [1.165, 1.54) is 117 Å². The second-order valence-electron chi connectivity index (χ2n) is 17.4. The minimum Gasteiger partial charge on any atom is -0.0963 e. The molecule has 0 spiro atoms. The predicted molar refractivity (Wildman–Crippen MR) is 217 cm³/mol. The van der Waals surface area contributed by atoms with Gasteiger partial charge in [0.15, 0.2) is 0 Å². The first kappa shape index (κ1) is 34.6. The molecule has 2 aliphatic rings. The van der Waals surface area contributed by atoms with E-state index >= 15 is 0 Å². The molecule has 1 heteroatoms. The Morgan fingerprint density at radius 1 is 0.540 bits per heavy atom. The van der Waals surface area contributed by atoms with Crippen molar-refractivity contribution in [1.82, 2.24) is 0 Å². The lowest BCUT2D eigenvalue weighted by Crippen LogP contribution is -2.29. The Labute approximate surface area is 304 Å². The van der Waals surface area contributed by atoms with Gasteiger partial charge in [0.25, 0.3) is 0 Å². The average Bonchev–Trinajstić information content (AvgIpc) is 3.53. The van der Waals surface area contributed by atoms with Crippen molar-refractivity contribution in [3.8, 4) is 22.3 Å². The van der Waals surface area contributed by atoms with Crippen LogP contribution in [0.5, 0.6) is 0 Å². The summed E-state index contributed by atoms with van der Waals surface area (Å²) in [5.41, 5.74) is 18.5. The maximum Gasteiger partial charge on any atom is 0.113 e. The lowest BCUT2D eigenvalue weighted by atomic mass is 9.66. The molecule has 7 rings (SSSR count). The van der Waals surface area contributed by atoms with Crippen molar-refractivity contribution in [1.29, 1.82) is 0 Å². The van der Waals surface area contributed by atoms with Gasteiger partial charge in [0.2, 0.25) is 0 Å². The van der Waals surface area contributed by atoms with E-state index in [1.54, 1.807) is 0 Å². The average molecular weight is 655 g/mol. The van der Waals surface area contributed by atoms with Crippen LogP contribution in [0.3, 0.4) is 0 Å². The number of fused-ring (bicyclic) bond motifs is 6. The summed E-state index contributed by atoms with van der Waals surface area (Å²) in [5.74, 6) is 0.376. The highest BCUT2D eigenvalue weighted by Crippen LogP contribution is 2.60. The molecule has 1 unspecified atom stereocenters. The van der Waals surface area contributed by atoms with E-state index in [4.69, 9.17) is 7.85 Å². The van der Waals surface area contributed by atoms with Gasteiger partial charge in [-0.15, -0.1) is 0 Å². The Kier molecular flexibility index (Phi) is 9.03. The Hall–Kier alpha value is -3.84. The Morgan fingerprint density at radius 2 is 1.08 bits per heavy atom. The highest BCUT2D eigenvalue weighted by atomic mass is 14.5. The van der Waals surface area contributed by atoms with E-state index in [1.807, 2.05) is 0 Å². The summed E-state index contributed by atoms with van der Waals surface area (Å²) in [4.78, 5) is 0. The SMILES string of the molecule is [B]c1ccc2c(c1)C(CCCCCCCC)c1cc3c(cc1-2)C(c1ccc(C(C)(C)C)cc1)(c1ccc(C(C)(C)C)cc1)c1cc(C)ccc1-3. The molecule has 254 valence electrons. The van der Waals surface area contributed by atoms with Crippen molar-refractivity contribution in [3.63, 3.8) is 0 Å². The molecular weight excluding hydrogens is 599 g/mol. The first-order chi connectivity index (χ1) is 23.8. The third kappa shape index (κ3) is 5.89. The van der Waals surface area contributed by atoms with E-state index in [0.29, 0.717) is 5.92 Å². The highest BCUT2D eigenvalue weighted by Gasteiger charge is 2.48. The van der Waals surface area contributed by atoms with Crippen LogP contribution in [0.2, 0.25) is 0 Å². The normalized spacial score (nSPS) is 15.8. The Balaban J connectivity index is 1.47. The summed E-state index contributed by atoms with van der Waals surface area (Å²) in [7, 11) is 6.49. The molecule has 50 heavy (non-hydrogen) atoms. The zero-order valence-corrected chi connectivity index (χ0v) is 31.8. The molecule has 0 N–H and O–H groups in total. The van der Waals surface area contributed by atoms with Crippen molar-refractivity contribution >= 4 is 13.3 Å². The van der Waals surface area contributed by atoms with Gasteiger partial charge in [0.1, 0.15) is 7.85 Å². The maximum atomic E-state index is 6.49. The second-order valence-corrected chi connectivity index (χ2v) is 17.4. The minimum atomic E-state index is -0.441. The highest BCUT2D eigenvalue weighted by molar-refractivity contribution is 6.32. The van der Waals surface area contributed by atoms with Gasteiger partial charge in [-0.25, -0.2) is 0 Å². The standard InChI is InChI=1S/C49H55B/c1-9-10-11-12-13-14-15-38-41-29-37(50)25-27-39(41)43-31-46-44(30-42(38)43)40-26-16-32(2)28-45(40)49(46,35-21-17-33(18-22-35)47(3,4)5)36-23-19-34(20-24-36)48(6,7)8/h16-31,38H,9-15H2,1-8H3. The number of unbranched alkanes of at least 4 members (excludes halogenated alkanes) is 5. The van der Waals surface area contributed by atoms with Gasteiger partial charge in [-0.05, 0) is 103 Å².